The molecule has 2 N–H and O–H groups in total. The summed E-state index contributed by atoms with van der Waals surface area (Å²) >= 11 is 0. The molecule has 0 aliphatic carbocycles. The van der Waals surface area contributed by atoms with E-state index in [0.717, 1.165) is 49.1 Å². The van der Waals surface area contributed by atoms with Gasteiger partial charge in [-0.1, -0.05) is 0 Å². The summed E-state index contributed by atoms with van der Waals surface area (Å²) in [6.45, 7) is 8.73. The molecular formula is C20H26N8O2. The van der Waals surface area contributed by atoms with Crippen LogP contribution in [0, 0.1) is 6.92 Å². The number of oxazole rings is 1. The normalized spacial score (nSPS) is 14.7. The number of urea groups is 1. The number of carbonyl (C=O) groups excluding carboxylic acids is 1. The monoisotopic (exact) mass is 410 g/mol. The number of anilines is 2. The van der Waals surface area contributed by atoms with Gasteiger partial charge in [-0.25, -0.2) is 19.7 Å². The maximum absolute atomic E-state index is 11.6. The number of carbonyl (C=O) groups is 1. The largest absolute Gasteiger partial charge is 0.427 e. The number of hydrogen-bond donors (Lipinski definition) is 2. The molecule has 1 saturated heterocycles. The molecule has 3 aromatic heterocycles. The maximum Gasteiger partial charge on any atom is 0.322 e. The molecule has 0 atom stereocenters. The van der Waals surface area contributed by atoms with E-state index in [2.05, 4.69) is 36.5 Å². The lowest BCUT2D eigenvalue weighted by Gasteiger charge is -2.36. The number of hydrogen-bond acceptors (Lipinski definition) is 7. The number of aryl methyl sites for hydroxylation is 1. The van der Waals surface area contributed by atoms with Gasteiger partial charge in [0.15, 0.2) is 0 Å². The molecule has 0 spiro atoms. The van der Waals surface area contributed by atoms with Gasteiger partial charge in [-0.3, -0.25) is 14.8 Å². The van der Waals surface area contributed by atoms with Crippen molar-refractivity contribution in [1.82, 2.24) is 29.7 Å². The number of imidazole rings is 1. The second kappa shape index (κ2) is 8.95. The standard InChI is InChI=1S/C20H26N8O2/c1-3-22-19(29)25-20-23-12-16(30-20)13-26-8-10-27(11-9-26)17-4-5-18(24-15(17)2)28-7-6-21-14-28/h4-7,12,14H,3,8-11,13H2,1-2H3,(H2,22,23,25,29). The molecule has 10 nitrogen and oxygen atoms in total. The van der Waals surface area contributed by atoms with Crippen LogP contribution in [-0.4, -0.2) is 63.2 Å². The molecule has 0 bridgehead atoms. The van der Waals surface area contributed by atoms with Crippen molar-refractivity contribution in [1.29, 1.82) is 0 Å². The van der Waals surface area contributed by atoms with E-state index in [4.69, 9.17) is 9.40 Å². The Bertz CT molecular complexity index is 977. The van der Waals surface area contributed by atoms with Crippen LogP contribution in [-0.2, 0) is 6.54 Å². The first kappa shape index (κ1) is 19.9. The van der Waals surface area contributed by atoms with E-state index >= 15 is 0 Å². The quantitative estimate of drug-likeness (QED) is 0.641. The molecule has 0 unspecified atom stereocenters. The summed E-state index contributed by atoms with van der Waals surface area (Å²) < 4.78 is 7.53. The van der Waals surface area contributed by atoms with Crippen molar-refractivity contribution in [2.75, 3.05) is 42.9 Å². The molecule has 1 aliphatic rings. The Hall–Kier alpha value is -3.40. The minimum atomic E-state index is -0.317. The van der Waals surface area contributed by atoms with Crippen LogP contribution in [0.15, 0.2) is 41.5 Å². The summed E-state index contributed by atoms with van der Waals surface area (Å²) in [6.07, 6.45) is 7.05. The van der Waals surface area contributed by atoms with Crippen LogP contribution in [0.3, 0.4) is 0 Å². The second-order valence-corrected chi connectivity index (χ2v) is 7.12. The van der Waals surface area contributed by atoms with Gasteiger partial charge in [0.25, 0.3) is 0 Å². The zero-order valence-electron chi connectivity index (χ0n) is 17.2. The average molecular weight is 410 g/mol. The lowest BCUT2D eigenvalue weighted by atomic mass is 10.2. The molecule has 4 heterocycles. The summed E-state index contributed by atoms with van der Waals surface area (Å²) in [4.78, 5) is 29.1. The highest BCUT2D eigenvalue weighted by Gasteiger charge is 2.20. The third-order valence-corrected chi connectivity index (χ3v) is 5.02. The fourth-order valence-electron chi connectivity index (χ4n) is 3.52. The summed E-state index contributed by atoms with van der Waals surface area (Å²) in [6, 6.07) is 4.05. The molecular weight excluding hydrogens is 384 g/mol. The van der Waals surface area contributed by atoms with E-state index in [0.29, 0.717) is 13.1 Å². The SMILES string of the molecule is CCNC(=O)Nc1ncc(CN2CCN(c3ccc(-n4ccnc4)nc3C)CC2)o1. The molecule has 3 aromatic rings. The van der Waals surface area contributed by atoms with Crippen LogP contribution < -0.4 is 15.5 Å². The lowest BCUT2D eigenvalue weighted by Crippen LogP contribution is -2.46. The van der Waals surface area contributed by atoms with Crippen molar-refractivity contribution in [3.05, 3.63) is 48.5 Å². The summed E-state index contributed by atoms with van der Waals surface area (Å²) in [7, 11) is 0. The highest BCUT2D eigenvalue weighted by atomic mass is 16.4. The minimum Gasteiger partial charge on any atom is -0.427 e. The van der Waals surface area contributed by atoms with Crippen LogP contribution in [0.25, 0.3) is 5.82 Å². The second-order valence-electron chi connectivity index (χ2n) is 7.12. The van der Waals surface area contributed by atoms with Crippen LogP contribution >= 0.6 is 0 Å². The Kier molecular flexibility index (Phi) is 5.94. The first-order chi connectivity index (χ1) is 14.6. The third-order valence-electron chi connectivity index (χ3n) is 5.02. The average Bonchev–Trinajstić information content (AvgIpc) is 3.41. The Morgan fingerprint density at radius 3 is 2.77 bits per heavy atom. The first-order valence-corrected chi connectivity index (χ1v) is 10.0. The van der Waals surface area contributed by atoms with Crippen LogP contribution in [0.4, 0.5) is 16.5 Å². The number of nitrogens with one attached hydrogen (secondary N) is 2. The van der Waals surface area contributed by atoms with Gasteiger partial charge in [0.1, 0.15) is 17.9 Å². The van der Waals surface area contributed by atoms with E-state index in [9.17, 15) is 4.79 Å². The summed E-state index contributed by atoms with van der Waals surface area (Å²) in [5, 5.41) is 5.23. The molecule has 1 fully saturated rings. The van der Waals surface area contributed by atoms with Gasteiger partial charge in [0, 0.05) is 45.1 Å². The molecule has 0 radical (unpaired) electrons. The van der Waals surface area contributed by atoms with E-state index in [1.165, 1.54) is 0 Å². The first-order valence-electron chi connectivity index (χ1n) is 10.0. The van der Waals surface area contributed by atoms with Gasteiger partial charge >= 0.3 is 12.0 Å². The zero-order valence-corrected chi connectivity index (χ0v) is 17.2. The third kappa shape index (κ3) is 4.60. The van der Waals surface area contributed by atoms with Crippen molar-refractivity contribution in [3.63, 3.8) is 0 Å². The summed E-state index contributed by atoms with van der Waals surface area (Å²) in [5.74, 6) is 1.60. The van der Waals surface area contributed by atoms with Crippen LogP contribution in [0.1, 0.15) is 18.4 Å². The zero-order chi connectivity index (χ0) is 20.9. The van der Waals surface area contributed by atoms with E-state index in [-0.39, 0.29) is 12.0 Å². The topological polar surface area (TPSA) is 104 Å². The molecule has 10 heteroatoms. The molecule has 2 amide bonds. The predicted molar refractivity (Wildman–Crippen MR) is 113 cm³/mol. The van der Waals surface area contributed by atoms with Crippen molar-refractivity contribution >= 4 is 17.7 Å². The fourth-order valence-corrected chi connectivity index (χ4v) is 3.52. The van der Waals surface area contributed by atoms with E-state index in [1.807, 2.05) is 30.7 Å². The molecule has 158 valence electrons. The Balaban J connectivity index is 1.31. The van der Waals surface area contributed by atoms with Gasteiger partial charge in [-0.2, -0.15) is 0 Å². The van der Waals surface area contributed by atoms with Gasteiger partial charge in [0.05, 0.1) is 24.1 Å². The molecule has 4 rings (SSSR count). The van der Waals surface area contributed by atoms with E-state index < -0.39 is 0 Å². The summed E-state index contributed by atoms with van der Waals surface area (Å²) in [5.41, 5.74) is 2.16. The van der Waals surface area contributed by atoms with Gasteiger partial charge in [-0.05, 0) is 26.0 Å². The molecule has 1 aliphatic heterocycles. The van der Waals surface area contributed by atoms with Crippen molar-refractivity contribution < 1.29 is 9.21 Å². The maximum atomic E-state index is 11.6. The Morgan fingerprint density at radius 1 is 1.23 bits per heavy atom. The Labute approximate surface area is 174 Å². The highest BCUT2D eigenvalue weighted by molar-refractivity contribution is 5.86. The van der Waals surface area contributed by atoms with Crippen LogP contribution in [0.2, 0.25) is 0 Å². The number of amides is 2. The van der Waals surface area contributed by atoms with Crippen molar-refractivity contribution in [2.45, 2.75) is 20.4 Å². The molecule has 0 aromatic carbocycles. The molecule has 0 saturated carbocycles. The lowest BCUT2D eigenvalue weighted by molar-refractivity contribution is 0.231. The number of pyridine rings is 1. The van der Waals surface area contributed by atoms with Crippen LogP contribution in [0.5, 0.6) is 0 Å². The predicted octanol–water partition coefficient (Wildman–Crippen LogP) is 2.03. The smallest absolute Gasteiger partial charge is 0.322 e. The van der Waals surface area contributed by atoms with Gasteiger partial charge in [0.2, 0.25) is 0 Å². The van der Waals surface area contributed by atoms with Gasteiger partial charge < -0.3 is 14.6 Å². The molecule has 30 heavy (non-hydrogen) atoms. The number of piperazine rings is 1. The Morgan fingerprint density at radius 2 is 2.07 bits per heavy atom. The van der Waals surface area contributed by atoms with Crippen molar-refractivity contribution in [2.24, 2.45) is 0 Å². The van der Waals surface area contributed by atoms with Crippen molar-refractivity contribution in [3.8, 4) is 5.82 Å². The number of aromatic nitrogens is 4. The number of rotatable bonds is 6. The highest BCUT2D eigenvalue weighted by Crippen LogP contribution is 2.22. The van der Waals surface area contributed by atoms with E-state index in [1.54, 1.807) is 18.7 Å². The fraction of sp³-hybridized carbons (Fsp3) is 0.400. The minimum absolute atomic E-state index is 0.217. The van der Waals surface area contributed by atoms with Gasteiger partial charge in [-0.15, -0.1) is 0 Å². The number of nitrogens with zero attached hydrogens (tertiary/aromatic N) is 6.